The average molecular weight is 384 g/mol. The SMILES string of the molecule is Cc1ccc(-n2nc(C)c3c2NC(=O)CS[C@@H]3c2ccc(Cl)cc2)cc1. The van der Waals surface area contributed by atoms with Crippen LogP contribution in [0.15, 0.2) is 48.5 Å². The number of rotatable bonds is 2. The van der Waals surface area contributed by atoms with Crippen molar-refractivity contribution in [2.24, 2.45) is 0 Å². The van der Waals surface area contributed by atoms with Crippen LogP contribution in [0.3, 0.4) is 0 Å². The number of aromatic nitrogens is 2. The van der Waals surface area contributed by atoms with E-state index in [1.54, 1.807) is 11.8 Å². The number of fused-ring (bicyclic) bond motifs is 1. The predicted octanol–water partition coefficient (Wildman–Crippen LogP) is 4.92. The maximum absolute atomic E-state index is 12.3. The standard InChI is InChI=1S/C20H18ClN3OS/c1-12-3-9-16(10-4-12)24-20-18(13(2)23-24)19(26-11-17(25)22-20)14-5-7-15(21)8-6-14/h3-10,19H,11H2,1-2H3,(H,22,25)/t19-/m1/s1. The van der Waals surface area contributed by atoms with Gasteiger partial charge in [-0.15, -0.1) is 11.8 Å². The minimum absolute atomic E-state index is 0.0130. The number of hydrogen-bond donors (Lipinski definition) is 1. The molecule has 2 heterocycles. The van der Waals surface area contributed by atoms with Gasteiger partial charge < -0.3 is 5.32 Å². The Morgan fingerprint density at radius 2 is 1.81 bits per heavy atom. The molecule has 0 aliphatic carbocycles. The highest BCUT2D eigenvalue weighted by molar-refractivity contribution is 8.00. The number of nitrogens with one attached hydrogen (secondary N) is 1. The lowest BCUT2D eigenvalue weighted by molar-refractivity contribution is -0.113. The highest BCUT2D eigenvalue weighted by Gasteiger charge is 2.30. The quantitative estimate of drug-likeness (QED) is 0.683. The van der Waals surface area contributed by atoms with Crippen molar-refractivity contribution in [3.8, 4) is 5.69 Å². The van der Waals surface area contributed by atoms with Crippen LogP contribution < -0.4 is 5.32 Å². The second-order valence-electron chi connectivity index (χ2n) is 6.39. The summed E-state index contributed by atoms with van der Waals surface area (Å²) in [5.74, 6) is 1.14. The molecule has 1 aromatic heterocycles. The number of benzene rings is 2. The number of nitrogens with zero attached hydrogens (tertiary/aromatic N) is 2. The molecule has 132 valence electrons. The maximum Gasteiger partial charge on any atom is 0.235 e. The highest BCUT2D eigenvalue weighted by Crippen LogP contribution is 2.43. The molecule has 3 aromatic rings. The van der Waals surface area contributed by atoms with Crippen LogP contribution in [0, 0.1) is 13.8 Å². The van der Waals surface area contributed by atoms with Crippen molar-refractivity contribution in [1.82, 2.24) is 9.78 Å². The van der Waals surface area contributed by atoms with Crippen LogP contribution in [0.1, 0.15) is 27.6 Å². The summed E-state index contributed by atoms with van der Waals surface area (Å²) in [6, 6.07) is 15.9. The van der Waals surface area contributed by atoms with Crippen molar-refractivity contribution in [2.75, 3.05) is 11.1 Å². The molecule has 0 bridgehead atoms. The first-order valence-corrected chi connectivity index (χ1v) is 9.79. The molecule has 4 nitrogen and oxygen atoms in total. The van der Waals surface area contributed by atoms with Crippen LogP contribution in [0.2, 0.25) is 5.02 Å². The molecular weight excluding hydrogens is 366 g/mol. The van der Waals surface area contributed by atoms with Crippen LogP contribution >= 0.6 is 23.4 Å². The zero-order valence-corrected chi connectivity index (χ0v) is 16.1. The molecule has 1 aliphatic rings. The Hall–Kier alpha value is -2.24. The first-order valence-electron chi connectivity index (χ1n) is 8.36. The molecule has 1 atom stereocenters. The van der Waals surface area contributed by atoms with Gasteiger partial charge in [-0.05, 0) is 43.7 Å². The van der Waals surface area contributed by atoms with Crippen molar-refractivity contribution >= 4 is 35.1 Å². The summed E-state index contributed by atoms with van der Waals surface area (Å²) in [6.07, 6.45) is 0. The van der Waals surface area contributed by atoms with Gasteiger partial charge in [0.2, 0.25) is 5.91 Å². The summed E-state index contributed by atoms with van der Waals surface area (Å²) in [6.45, 7) is 4.04. The van der Waals surface area contributed by atoms with E-state index >= 15 is 0 Å². The molecule has 2 aromatic carbocycles. The summed E-state index contributed by atoms with van der Waals surface area (Å²) in [5.41, 5.74) is 5.19. The molecular formula is C20H18ClN3OS. The number of anilines is 1. The number of thioether (sulfide) groups is 1. The van der Waals surface area contributed by atoms with Gasteiger partial charge in [0.15, 0.2) is 0 Å². The van der Waals surface area contributed by atoms with E-state index in [0.717, 1.165) is 28.3 Å². The molecule has 4 rings (SSSR count). The van der Waals surface area contributed by atoms with E-state index in [0.29, 0.717) is 10.8 Å². The van der Waals surface area contributed by atoms with Gasteiger partial charge in [-0.25, -0.2) is 4.68 Å². The lowest BCUT2D eigenvalue weighted by atomic mass is 10.0. The molecule has 6 heteroatoms. The number of aryl methyl sites for hydroxylation is 2. The predicted molar refractivity (Wildman–Crippen MR) is 107 cm³/mol. The first kappa shape index (κ1) is 17.2. The van der Waals surface area contributed by atoms with Crippen molar-refractivity contribution < 1.29 is 4.79 Å². The van der Waals surface area contributed by atoms with Gasteiger partial charge in [0.25, 0.3) is 0 Å². The number of hydrogen-bond acceptors (Lipinski definition) is 3. The molecule has 0 unspecified atom stereocenters. The van der Waals surface area contributed by atoms with E-state index in [4.69, 9.17) is 16.7 Å². The Labute approximate surface area is 161 Å². The Bertz CT molecular complexity index is 964. The summed E-state index contributed by atoms with van der Waals surface area (Å²) in [5, 5.41) is 8.51. The average Bonchev–Trinajstić information content (AvgIpc) is 2.83. The number of carbonyl (C=O) groups is 1. The van der Waals surface area contributed by atoms with Gasteiger partial charge in [-0.2, -0.15) is 5.10 Å². The smallest absolute Gasteiger partial charge is 0.235 e. The fraction of sp³-hybridized carbons (Fsp3) is 0.200. The van der Waals surface area contributed by atoms with Crippen LogP contribution in [0.5, 0.6) is 0 Å². The maximum atomic E-state index is 12.3. The van der Waals surface area contributed by atoms with Crippen LogP contribution in [0.4, 0.5) is 5.82 Å². The zero-order chi connectivity index (χ0) is 18.3. The van der Waals surface area contributed by atoms with Crippen LogP contribution in [-0.4, -0.2) is 21.4 Å². The third-order valence-corrected chi connectivity index (χ3v) is 5.98. The topological polar surface area (TPSA) is 46.9 Å². The van der Waals surface area contributed by atoms with Crippen molar-refractivity contribution in [2.45, 2.75) is 19.1 Å². The minimum atomic E-state index is -0.0130. The van der Waals surface area contributed by atoms with E-state index in [9.17, 15) is 4.79 Å². The van der Waals surface area contributed by atoms with E-state index in [-0.39, 0.29) is 11.2 Å². The Morgan fingerprint density at radius 1 is 1.12 bits per heavy atom. The van der Waals surface area contributed by atoms with Crippen LogP contribution in [0.25, 0.3) is 5.69 Å². The lowest BCUT2D eigenvalue weighted by Crippen LogP contribution is -2.15. The fourth-order valence-corrected chi connectivity index (χ4v) is 4.47. The van der Waals surface area contributed by atoms with Gasteiger partial charge >= 0.3 is 0 Å². The Kier molecular flexibility index (Phi) is 4.51. The molecule has 0 radical (unpaired) electrons. The summed E-state index contributed by atoms with van der Waals surface area (Å²) < 4.78 is 1.83. The fourth-order valence-electron chi connectivity index (χ4n) is 3.16. The number of halogens is 1. The highest BCUT2D eigenvalue weighted by atomic mass is 35.5. The molecule has 1 aliphatic heterocycles. The first-order chi connectivity index (χ1) is 12.5. The van der Waals surface area contributed by atoms with E-state index in [1.807, 2.05) is 67.1 Å². The van der Waals surface area contributed by atoms with Gasteiger partial charge in [0.05, 0.1) is 22.4 Å². The largest absolute Gasteiger partial charge is 0.310 e. The monoisotopic (exact) mass is 383 g/mol. The van der Waals surface area contributed by atoms with Gasteiger partial charge in [0.1, 0.15) is 5.82 Å². The molecule has 0 saturated heterocycles. The second kappa shape index (κ2) is 6.82. The van der Waals surface area contributed by atoms with Crippen molar-refractivity contribution in [3.05, 3.63) is 75.9 Å². The lowest BCUT2D eigenvalue weighted by Gasteiger charge is -2.15. The molecule has 0 saturated carbocycles. The third-order valence-electron chi connectivity index (χ3n) is 4.46. The summed E-state index contributed by atoms with van der Waals surface area (Å²) >= 11 is 7.66. The second-order valence-corrected chi connectivity index (χ2v) is 7.92. The zero-order valence-electron chi connectivity index (χ0n) is 14.5. The third kappa shape index (κ3) is 3.13. The van der Waals surface area contributed by atoms with E-state index in [1.165, 1.54) is 5.56 Å². The normalized spacial score (nSPS) is 16.7. The molecule has 0 fully saturated rings. The number of amides is 1. The van der Waals surface area contributed by atoms with Crippen LogP contribution in [-0.2, 0) is 4.79 Å². The molecule has 1 amide bonds. The number of carbonyl (C=O) groups excluding carboxylic acids is 1. The molecule has 26 heavy (non-hydrogen) atoms. The molecule has 0 spiro atoms. The van der Waals surface area contributed by atoms with Gasteiger partial charge in [-0.1, -0.05) is 41.4 Å². The summed E-state index contributed by atoms with van der Waals surface area (Å²) in [4.78, 5) is 12.3. The van der Waals surface area contributed by atoms with Crippen molar-refractivity contribution in [1.29, 1.82) is 0 Å². The van der Waals surface area contributed by atoms with Gasteiger partial charge in [0, 0.05) is 10.6 Å². The summed E-state index contributed by atoms with van der Waals surface area (Å²) in [7, 11) is 0. The molecule has 1 N–H and O–H groups in total. The minimum Gasteiger partial charge on any atom is -0.310 e. The van der Waals surface area contributed by atoms with Crippen molar-refractivity contribution in [3.63, 3.8) is 0 Å². The Balaban J connectivity index is 1.87. The van der Waals surface area contributed by atoms with E-state index < -0.39 is 0 Å². The van der Waals surface area contributed by atoms with Gasteiger partial charge in [-0.3, -0.25) is 4.79 Å². The Morgan fingerprint density at radius 3 is 2.50 bits per heavy atom. The van der Waals surface area contributed by atoms with E-state index in [2.05, 4.69) is 5.32 Å².